The summed E-state index contributed by atoms with van der Waals surface area (Å²) in [5.74, 6) is -0.934. The first-order valence-electron chi connectivity index (χ1n) is 10.7. The predicted molar refractivity (Wildman–Crippen MR) is 121 cm³/mol. The van der Waals surface area contributed by atoms with E-state index < -0.39 is 23.3 Å². The van der Waals surface area contributed by atoms with Gasteiger partial charge in [-0.3, -0.25) is 4.79 Å². The molecule has 0 saturated heterocycles. The maximum atomic E-state index is 13.0. The number of rotatable bonds is 6. The van der Waals surface area contributed by atoms with Gasteiger partial charge in [0.05, 0.1) is 22.1 Å². The van der Waals surface area contributed by atoms with E-state index in [2.05, 4.69) is 20.3 Å². The van der Waals surface area contributed by atoms with Crippen molar-refractivity contribution < 1.29 is 28.2 Å². The van der Waals surface area contributed by atoms with E-state index in [1.165, 1.54) is 11.3 Å². The molecular formula is C23H23F3N4O3S. The van der Waals surface area contributed by atoms with Gasteiger partial charge >= 0.3 is 12.1 Å². The summed E-state index contributed by atoms with van der Waals surface area (Å²) < 4.78 is 38.9. The average molecular weight is 493 g/mol. The molecule has 1 fully saturated rings. The van der Waals surface area contributed by atoms with Crippen LogP contribution in [0.4, 0.5) is 24.8 Å². The van der Waals surface area contributed by atoms with Crippen LogP contribution in [0.3, 0.4) is 0 Å². The Morgan fingerprint density at radius 1 is 1.12 bits per heavy atom. The third-order valence-corrected chi connectivity index (χ3v) is 7.40. The molecule has 7 nitrogen and oxygen atoms in total. The maximum absolute atomic E-state index is 13.0. The van der Waals surface area contributed by atoms with E-state index in [1.807, 2.05) is 0 Å². The van der Waals surface area contributed by atoms with Crippen molar-refractivity contribution in [3.05, 3.63) is 53.3 Å². The third-order valence-electron chi connectivity index (χ3n) is 6.15. The fourth-order valence-electron chi connectivity index (χ4n) is 4.15. The highest BCUT2D eigenvalue weighted by Crippen LogP contribution is 2.43. The van der Waals surface area contributed by atoms with Crippen molar-refractivity contribution in [3.8, 4) is 10.6 Å². The number of thiazole rings is 1. The van der Waals surface area contributed by atoms with Crippen LogP contribution in [0.15, 0.2) is 42.7 Å². The maximum Gasteiger partial charge on any atom is 0.416 e. The van der Waals surface area contributed by atoms with Crippen LogP contribution in [0.1, 0.15) is 43.2 Å². The first-order chi connectivity index (χ1) is 16.0. The summed E-state index contributed by atoms with van der Waals surface area (Å²) in [6.45, 7) is 1.70. The monoisotopic (exact) mass is 492 g/mol. The summed E-state index contributed by atoms with van der Waals surface area (Å²) in [4.78, 5) is 24.7. The number of pyridine rings is 2. The molecule has 0 amide bonds. The van der Waals surface area contributed by atoms with Crippen LogP contribution in [-0.4, -0.2) is 31.1 Å². The molecule has 3 aromatic heterocycles. The Hall–Kier alpha value is -3.05. The predicted octanol–water partition coefficient (Wildman–Crippen LogP) is 5.46. The van der Waals surface area contributed by atoms with Crippen LogP contribution >= 0.6 is 11.3 Å². The standard InChI is InChI=1S/C23H23F3N4O3S/c1-22(33,14-7-5-13(6-8-14)20(31)32)21-28-12-17(34-21)16-3-2-4-18(29-16)30-19-11-15(9-10-27-19)23(24,25)26/h2-4,9-14,33H,5-8H2,1H3,(H,31,32)(H,27,29,30)/t13?,14?,22-/m0/s1. The quantitative estimate of drug-likeness (QED) is 0.419. The first kappa shape index (κ1) is 24.1. The average Bonchev–Trinajstić information content (AvgIpc) is 3.30. The van der Waals surface area contributed by atoms with Crippen LogP contribution in [0.2, 0.25) is 0 Å². The number of halogens is 3. The fraction of sp³-hybridized carbons (Fsp3) is 0.391. The number of hydrogen-bond donors (Lipinski definition) is 3. The zero-order valence-electron chi connectivity index (χ0n) is 18.2. The second-order valence-corrected chi connectivity index (χ2v) is 9.56. The smallest absolute Gasteiger partial charge is 0.416 e. The molecule has 1 atom stereocenters. The minimum absolute atomic E-state index is 0.0179. The van der Waals surface area contributed by atoms with Crippen LogP contribution in [0.5, 0.6) is 0 Å². The van der Waals surface area contributed by atoms with Crippen LogP contribution in [0.25, 0.3) is 10.6 Å². The molecule has 34 heavy (non-hydrogen) atoms. The molecule has 0 aliphatic heterocycles. The summed E-state index contributed by atoms with van der Waals surface area (Å²) in [6, 6.07) is 6.88. The largest absolute Gasteiger partial charge is 0.481 e. The summed E-state index contributed by atoms with van der Waals surface area (Å²) in [6.07, 6.45) is 0.446. The van der Waals surface area contributed by atoms with Crippen LogP contribution < -0.4 is 5.32 Å². The number of aliphatic hydroxyl groups is 1. The van der Waals surface area contributed by atoms with E-state index in [-0.39, 0.29) is 17.7 Å². The number of carbonyl (C=O) groups is 1. The molecule has 3 aromatic rings. The van der Waals surface area contributed by atoms with E-state index in [9.17, 15) is 28.2 Å². The first-order valence-corrected chi connectivity index (χ1v) is 11.5. The Labute approximate surface area is 197 Å². The second kappa shape index (κ2) is 9.30. The van der Waals surface area contributed by atoms with Gasteiger partial charge in [-0.25, -0.2) is 15.0 Å². The molecule has 0 unspecified atom stereocenters. The highest BCUT2D eigenvalue weighted by atomic mass is 32.1. The number of carboxylic acid groups (broad SMARTS) is 1. The Morgan fingerprint density at radius 2 is 1.85 bits per heavy atom. The molecule has 1 aliphatic carbocycles. The highest BCUT2D eigenvalue weighted by Gasteiger charge is 2.40. The van der Waals surface area contributed by atoms with Crippen molar-refractivity contribution in [2.75, 3.05) is 5.32 Å². The molecule has 1 saturated carbocycles. The van der Waals surface area contributed by atoms with Gasteiger partial charge in [0.1, 0.15) is 22.2 Å². The highest BCUT2D eigenvalue weighted by molar-refractivity contribution is 7.15. The molecule has 180 valence electrons. The molecule has 0 radical (unpaired) electrons. The number of aromatic nitrogens is 3. The van der Waals surface area contributed by atoms with Crippen molar-refractivity contribution in [3.63, 3.8) is 0 Å². The van der Waals surface area contributed by atoms with Crippen LogP contribution in [0, 0.1) is 11.8 Å². The number of alkyl halides is 3. The number of hydrogen-bond acceptors (Lipinski definition) is 7. The van der Waals surface area contributed by atoms with Gasteiger partial charge in [-0.1, -0.05) is 6.07 Å². The molecule has 11 heteroatoms. The van der Waals surface area contributed by atoms with Gasteiger partial charge in [0.25, 0.3) is 0 Å². The van der Waals surface area contributed by atoms with Crippen molar-refractivity contribution in [2.24, 2.45) is 11.8 Å². The van der Waals surface area contributed by atoms with E-state index in [0.29, 0.717) is 47.1 Å². The van der Waals surface area contributed by atoms with Gasteiger partial charge in [0.15, 0.2) is 0 Å². The summed E-state index contributed by atoms with van der Waals surface area (Å²) in [7, 11) is 0. The molecular weight excluding hydrogens is 469 g/mol. The van der Waals surface area contributed by atoms with E-state index >= 15 is 0 Å². The second-order valence-electron chi connectivity index (χ2n) is 8.52. The van der Waals surface area contributed by atoms with Gasteiger partial charge in [0.2, 0.25) is 0 Å². The zero-order valence-corrected chi connectivity index (χ0v) is 19.0. The van der Waals surface area contributed by atoms with Gasteiger partial charge in [-0.15, -0.1) is 11.3 Å². The minimum Gasteiger partial charge on any atom is -0.481 e. The Morgan fingerprint density at radius 3 is 2.53 bits per heavy atom. The summed E-state index contributed by atoms with van der Waals surface area (Å²) in [5, 5.41) is 23.7. The lowest BCUT2D eigenvalue weighted by Crippen LogP contribution is -2.35. The topological polar surface area (TPSA) is 108 Å². The van der Waals surface area contributed by atoms with E-state index in [1.54, 1.807) is 31.3 Å². The lowest BCUT2D eigenvalue weighted by molar-refractivity contribution is -0.144. The van der Waals surface area contributed by atoms with Gasteiger partial charge in [-0.05, 0) is 62.8 Å². The van der Waals surface area contributed by atoms with E-state index in [4.69, 9.17) is 0 Å². The molecule has 3 heterocycles. The number of nitrogens with zero attached hydrogens (tertiary/aromatic N) is 3. The zero-order chi connectivity index (χ0) is 24.5. The lowest BCUT2D eigenvalue weighted by Gasteiger charge is -2.35. The number of carboxylic acids is 1. The number of aliphatic carboxylic acids is 1. The fourth-order valence-corrected chi connectivity index (χ4v) is 5.16. The third kappa shape index (κ3) is 5.20. The van der Waals surface area contributed by atoms with Gasteiger partial charge in [-0.2, -0.15) is 13.2 Å². The van der Waals surface area contributed by atoms with Crippen molar-refractivity contribution >= 4 is 28.9 Å². The molecule has 1 aliphatic rings. The summed E-state index contributed by atoms with van der Waals surface area (Å²) >= 11 is 1.28. The lowest BCUT2D eigenvalue weighted by atomic mass is 9.74. The number of anilines is 2. The minimum atomic E-state index is -4.47. The Kier molecular flexibility index (Phi) is 6.59. The molecule has 4 rings (SSSR count). The van der Waals surface area contributed by atoms with Crippen molar-refractivity contribution in [2.45, 2.75) is 44.4 Å². The molecule has 0 spiro atoms. The van der Waals surface area contributed by atoms with Crippen molar-refractivity contribution in [1.29, 1.82) is 0 Å². The van der Waals surface area contributed by atoms with Gasteiger partial charge < -0.3 is 15.5 Å². The molecule has 0 aromatic carbocycles. The summed E-state index contributed by atoms with van der Waals surface area (Å²) in [5.41, 5.74) is -1.47. The Balaban J connectivity index is 1.50. The Bertz CT molecular complexity index is 1170. The van der Waals surface area contributed by atoms with Crippen molar-refractivity contribution in [1.82, 2.24) is 15.0 Å². The van der Waals surface area contributed by atoms with Crippen LogP contribution in [-0.2, 0) is 16.6 Å². The molecule has 0 bridgehead atoms. The van der Waals surface area contributed by atoms with Gasteiger partial charge in [0, 0.05) is 12.4 Å². The van der Waals surface area contributed by atoms with E-state index in [0.717, 1.165) is 18.3 Å². The normalized spacial score (nSPS) is 20.5. The molecule has 3 N–H and O–H groups in total. The SMILES string of the molecule is C[C@@](O)(c1ncc(-c2cccc(Nc3cc(C(F)(F)F)ccn3)n2)s1)C1CCC(C(=O)O)CC1. The number of nitrogens with one attached hydrogen (secondary N) is 1.